The number of nitrogens with zero attached hydrogens (tertiary/aromatic N) is 3. The molecule has 2 N–H and O–H groups in total. The van der Waals surface area contributed by atoms with Crippen molar-refractivity contribution in [1.29, 1.82) is 0 Å². The highest BCUT2D eigenvalue weighted by Gasteiger charge is 2.40. The van der Waals surface area contributed by atoms with Gasteiger partial charge in [-0.3, -0.25) is 14.8 Å². The van der Waals surface area contributed by atoms with Gasteiger partial charge in [0.2, 0.25) is 0 Å². The summed E-state index contributed by atoms with van der Waals surface area (Å²) in [6.07, 6.45) is 17.2. The molecule has 0 bridgehead atoms. The molecule has 1 aliphatic heterocycles. The summed E-state index contributed by atoms with van der Waals surface area (Å²) in [7, 11) is 0. The van der Waals surface area contributed by atoms with Gasteiger partial charge in [-0.25, -0.2) is 4.98 Å². The highest BCUT2D eigenvalue weighted by atomic mass is 16.1. The number of hydrogen-bond acceptors (Lipinski definition) is 5. The molecular formula is C29H27N5O. The van der Waals surface area contributed by atoms with E-state index in [1.165, 1.54) is 5.56 Å². The van der Waals surface area contributed by atoms with Crippen molar-refractivity contribution in [2.75, 3.05) is 5.32 Å². The van der Waals surface area contributed by atoms with Crippen molar-refractivity contribution in [3.63, 3.8) is 0 Å². The summed E-state index contributed by atoms with van der Waals surface area (Å²) < 4.78 is 0. The molecule has 6 nitrogen and oxygen atoms in total. The van der Waals surface area contributed by atoms with E-state index in [1.807, 2.05) is 49.1 Å². The van der Waals surface area contributed by atoms with E-state index in [0.717, 1.165) is 65.4 Å². The third-order valence-corrected chi connectivity index (χ3v) is 7.60. The number of anilines is 1. The summed E-state index contributed by atoms with van der Waals surface area (Å²) >= 11 is 0. The summed E-state index contributed by atoms with van der Waals surface area (Å²) in [4.78, 5) is 30.0. The first-order chi connectivity index (χ1) is 17.2. The molecule has 1 aliphatic carbocycles. The number of aliphatic imine (C=N–C) groups is 1. The zero-order valence-corrected chi connectivity index (χ0v) is 19.4. The summed E-state index contributed by atoms with van der Waals surface area (Å²) in [5, 5.41) is 5.30. The molecule has 1 fully saturated rings. The van der Waals surface area contributed by atoms with Gasteiger partial charge in [0.25, 0.3) is 0 Å². The lowest BCUT2D eigenvalue weighted by molar-refractivity contribution is 0.0859. The van der Waals surface area contributed by atoms with E-state index in [9.17, 15) is 4.79 Å². The molecule has 35 heavy (non-hydrogen) atoms. The van der Waals surface area contributed by atoms with E-state index < -0.39 is 0 Å². The number of benzene rings is 2. The van der Waals surface area contributed by atoms with Crippen LogP contribution in [0.5, 0.6) is 0 Å². The standard InChI is InChI=1S/C29H27N5O/c35-28(26-18-31-15-21-3-1-2-4-25(21)26)20-7-9-29(10-8-20,14-24-17-32-19-34-24)23-5-6-27-22(13-23)16-30-11-12-33-27/h1-6,11-13,15-20,33H,7-10,14H2,(H,32,34). The average Bonchev–Trinajstić information content (AvgIpc) is 3.30. The summed E-state index contributed by atoms with van der Waals surface area (Å²) in [6, 6.07) is 14.6. The van der Waals surface area contributed by atoms with E-state index in [-0.39, 0.29) is 17.1 Å². The largest absolute Gasteiger partial charge is 0.360 e. The summed E-state index contributed by atoms with van der Waals surface area (Å²) in [5.41, 5.74) is 5.13. The number of aromatic amines is 1. The lowest BCUT2D eigenvalue weighted by atomic mass is 9.63. The number of fused-ring (bicyclic) bond motifs is 2. The Morgan fingerprint density at radius 2 is 1.97 bits per heavy atom. The van der Waals surface area contributed by atoms with Crippen molar-refractivity contribution in [1.82, 2.24) is 15.0 Å². The molecule has 2 aromatic carbocycles. The van der Waals surface area contributed by atoms with Crippen molar-refractivity contribution in [3.05, 3.63) is 102 Å². The Balaban J connectivity index is 1.30. The molecule has 3 heterocycles. The lowest BCUT2D eigenvalue weighted by Gasteiger charge is -2.40. The molecule has 6 rings (SSSR count). The van der Waals surface area contributed by atoms with Crippen LogP contribution in [0.25, 0.3) is 10.8 Å². The average molecular weight is 462 g/mol. The number of carbonyl (C=O) groups excluding carboxylic acids is 1. The van der Waals surface area contributed by atoms with E-state index in [1.54, 1.807) is 18.7 Å². The Kier molecular flexibility index (Phi) is 5.49. The Hall–Kier alpha value is -4.06. The fraction of sp³-hybridized carbons (Fsp3) is 0.241. The first kappa shape index (κ1) is 21.5. The van der Waals surface area contributed by atoms with Gasteiger partial charge in [0.1, 0.15) is 0 Å². The van der Waals surface area contributed by atoms with Crippen LogP contribution in [0.2, 0.25) is 0 Å². The number of Topliss-reactive ketones (excluding diaryl/α,β-unsaturated/α-hetero) is 1. The van der Waals surface area contributed by atoms with Gasteiger partial charge in [-0.15, -0.1) is 0 Å². The number of pyridine rings is 1. The zero-order chi connectivity index (χ0) is 23.7. The van der Waals surface area contributed by atoms with Crippen LogP contribution in [0.1, 0.15) is 52.9 Å². The van der Waals surface area contributed by atoms with Gasteiger partial charge in [0, 0.05) is 77.2 Å². The molecule has 0 atom stereocenters. The van der Waals surface area contributed by atoms with E-state index >= 15 is 0 Å². The van der Waals surface area contributed by atoms with Gasteiger partial charge >= 0.3 is 0 Å². The first-order valence-corrected chi connectivity index (χ1v) is 12.2. The maximum absolute atomic E-state index is 13.6. The minimum atomic E-state index is -0.0778. The monoisotopic (exact) mass is 461 g/mol. The van der Waals surface area contributed by atoms with Crippen LogP contribution in [0.3, 0.4) is 0 Å². The molecule has 2 aromatic heterocycles. The van der Waals surface area contributed by atoms with Crippen molar-refractivity contribution in [2.24, 2.45) is 10.9 Å². The third-order valence-electron chi connectivity index (χ3n) is 7.60. The van der Waals surface area contributed by atoms with Gasteiger partial charge in [-0.05, 0) is 48.8 Å². The first-order valence-electron chi connectivity index (χ1n) is 12.2. The number of hydrogen-bond donors (Lipinski definition) is 2. The second kappa shape index (κ2) is 8.95. The van der Waals surface area contributed by atoms with Crippen LogP contribution in [-0.2, 0) is 11.8 Å². The van der Waals surface area contributed by atoms with E-state index in [2.05, 4.69) is 43.5 Å². The minimum absolute atomic E-state index is 0.00294. The number of H-pyrrole nitrogens is 1. The van der Waals surface area contributed by atoms with Crippen LogP contribution in [-0.4, -0.2) is 26.9 Å². The number of imidazole rings is 1. The molecule has 4 aromatic rings. The predicted octanol–water partition coefficient (Wildman–Crippen LogP) is 5.83. The van der Waals surface area contributed by atoms with Gasteiger partial charge in [0.05, 0.1) is 12.0 Å². The fourth-order valence-corrected chi connectivity index (χ4v) is 5.69. The Bertz CT molecular complexity index is 1420. The fourth-order valence-electron chi connectivity index (χ4n) is 5.69. The SMILES string of the molecule is O=C(c1cncc2ccccc12)C1CCC(Cc2c[nH]cn2)(c2ccc3c(c2)C=NC=CN3)CC1. The van der Waals surface area contributed by atoms with Gasteiger partial charge < -0.3 is 10.3 Å². The second-order valence-corrected chi connectivity index (χ2v) is 9.60. The second-order valence-electron chi connectivity index (χ2n) is 9.60. The highest BCUT2D eigenvalue weighted by Crippen LogP contribution is 2.45. The Morgan fingerprint density at radius 1 is 1.09 bits per heavy atom. The Morgan fingerprint density at radius 3 is 2.83 bits per heavy atom. The van der Waals surface area contributed by atoms with Gasteiger partial charge in [-0.2, -0.15) is 0 Å². The van der Waals surface area contributed by atoms with Gasteiger partial charge in [0.15, 0.2) is 5.78 Å². The van der Waals surface area contributed by atoms with Crippen molar-refractivity contribution >= 4 is 28.5 Å². The normalized spacial score (nSPS) is 21.3. The molecule has 0 spiro atoms. The number of ketones is 1. The maximum atomic E-state index is 13.6. The molecule has 0 radical (unpaired) electrons. The van der Waals surface area contributed by atoms with Crippen molar-refractivity contribution in [3.8, 4) is 0 Å². The minimum Gasteiger partial charge on any atom is -0.360 e. The van der Waals surface area contributed by atoms with Crippen LogP contribution in [0.15, 0.2) is 84.8 Å². The van der Waals surface area contributed by atoms with Crippen molar-refractivity contribution < 1.29 is 4.79 Å². The van der Waals surface area contributed by atoms with Crippen molar-refractivity contribution in [2.45, 2.75) is 37.5 Å². The highest BCUT2D eigenvalue weighted by molar-refractivity contribution is 6.08. The smallest absolute Gasteiger partial charge is 0.168 e. The summed E-state index contributed by atoms with van der Waals surface area (Å²) in [5.74, 6) is 0.218. The van der Waals surface area contributed by atoms with Crippen LogP contribution >= 0.6 is 0 Å². The number of rotatable bonds is 5. The molecule has 0 saturated heterocycles. The van der Waals surface area contributed by atoms with Crippen LogP contribution in [0.4, 0.5) is 5.69 Å². The molecule has 6 heteroatoms. The molecule has 0 unspecified atom stereocenters. The molecular weight excluding hydrogens is 434 g/mol. The van der Waals surface area contributed by atoms with E-state index in [0.29, 0.717) is 0 Å². The third kappa shape index (κ3) is 4.05. The molecule has 0 amide bonds. The topological polar surface area (TPSA) is 83.0 Å². The number of carbonyl (C=O) groups is 1. The van der Waals surface area contributed by atoms with E-state index in [4.69, 9.17) is 0 Å². The van der Waals surface area contributed by atoms with Gasteiger partial charge in [-0.1, -0.05) is 30.3 Å². The zero-order valence-electron chi connectivity index (χ0n) is 19.4. The molecule has 1 saturated carbocycles. The lowest BCUT2D eigenvalue weighted by Crippen LogP contribution is -2.36. The predicted molar refractivity (Wildman–Crippen MR) is 139 cm³/mol. The number of nitrogens with one attached hydrogen (secondary N) is 2. The Labute approximate surface area is 204 Å². The quantitative estimate of drug-likeness (QED) is 0.367. The summed E-state index contributed by atoms with van der Waals surface area (Å²) in [6.45, 7) is 0. The van der Waals surface area contributed by atoms with Crippen LogP contribution in [0, 0.1) is 5.92 Å². The maximum Gasteiger partial charge on any atom is 0.168 e. The molecule has 174 valence electrons. The van der Waals surface area contributed by atoms with Crippen LogP contribution < -0.4 is 5.32 Å². The molecule has 2 aliphatic rings. The number of aromatic nitrogens is 3.